The summed E-state index contributed by atoms with van der Waals surface area (Å²) in [5.41, 5.74) is 4.53. The Hall–Kier alpha value is -5.30. The third-order valence-corrected chi connectivity index (χ3v) is 6.98. The van der Waals surface area contributed by atoms with Crippen molar-refractivity contribution in [2.24, 2.45) is 0 Å². The predicted molar refractivity (Wildman–Crippen MR) is 155 cm³/mol. The number of para-hydroxylation sites is 4. The number of hydrogen-bond acceptors (Lipinski definition) is 4. The zero-order valence-corrected chi connectivity index (χ0v) is 21.2. The van der Waals surface area contributed by atoms with Crippen molar-refractivity contribution >= 4 is 39.6 Å². The standard InChI is InChI=1S/C32H24N4O3/c1-22-24(25-13-6-8-16-28(25)34(22)21-23-11-3-2-4-12-23)19-20-31-33-27-15-7-5-14-26(27)32(37)35(31)29-17-9-10-18-30(29)36(38)39/h2-20H,21H2,1H3/b20-19+. The minimum absolute atomic E-state index is 0.165. The summed E-state index contributed by atoms with van der Waals surface area (Å²) >= 11 is 0. The van der Waals surface area contributed by atoms with Crippen molar-refractivity contribution in [3.8, 4) is 5.69 Å². The molecule has 4 aromatic carbocycles. The van der Waals surface area contributed by atoms with Gasteiger partial charge in [0.15, 0.2) is 0 Å². The minimum atomic E-state index is -0.480. The molecule has 0 amide bonds. The van der Waals surface area contributed by atoms with Gasteiger partial charge in [0.2, 0.25) is 0 Å². The molecule has 0 saturated heterocycles. The van der Waals surface area contributed by atoms with Crippen molar-refractivity contribution in [3.63, 3.8) is 0 Å². The number of aromatic nitrogens is 3. The topological polar surface area (TPSA) is 83.0 Å². The van der Waals surface area contributed by atoms with Crippen LogP contribution in [0.25, 0.3) is 39.6 Å². The second kappa shape index (κ2) is 9.87. The van der Waals surface area contributed by atoms with Gasteiger partial charge in [-0.1, -0.05) is 72.8 Å². The van der Waals surface area contributed by atoms with E-state index in [0.717, 1.165) is 28.7 Å². The van der Waals surface area contributed by atoms with Gasteiger partial charge in [-0.15, -0.1) is 0 Å². The molecule has 39 heavy (non-hydrogen) atoms. The Morgan fingerprint density at radius 1 is 0.821 bits per heavy atom. The van der Waals surface area contributed by atoms with Crippen LogP contribution in [0.4, 0.5) is 5.69 Å². The van der Waals surface area contributed by atoms with E-state index in [1.807, 2.05) is 42.5 Å². The van der Waals surface area contributed by atoms with Gasteiger partial charge in [-0.3, -0.25) is 19.5 Å². The fraction of sp³-hybridized carbons (Fsp3) is 0.0625. The van der Waals surface area contributed by atoms with E-state index in [0.29, 0.717) is 16.7 Å². The third kappa shape index (κ3) is 4.30. The van der Waals surface area contributed by atoms with Gasteiger partial charge in [-0.2, -0.15) is 0 Å². The Bertz CT molecular complexity index is 1950. The molecule has 0 aliphatic carbocycles. The highest BCUT2D eigenvalue weighted by molar-refractivity contribution is 5.94. The van der Waals surface area contributed by atoms with Gasteiger partial charge in [0, 0.05) is 34.8 Å². The fourth-order valence-electron chi connectivity index (χ4n) is 5.10. The summed E-state index contributed by atoms with van der Waals surface area (Å²) in [5.74, 6) is 0.312. The first-order valence-corrected chi connectivity index (χ1v) is 12.6. The van der Waals surface area contributed by atoms with Crippen molar-refractivity contribution in [1.29, 1.82) is 0 Å². The van der Waals surface area contributed by atoms with Crippen LogP contribution in [0, 0.1) is 17.0 Å². The third-order valence-electron chi connectivity index (χ3n) is 6.98. The van der Waals surface area contributed by atoms with Gasteiger partial charge in [0.05, 0.1) is 15.8 Å². The van der Waals surface area contributed by atoms with Crippen LogP contribution in [0.1, 0.15) is 22.6 Å². The van der Waals surface area contributed by atoms with Crippen molar-refractivity contribution in [3.05, 3.63) is 146 Å². The number of nitrogens with zero attached hydrogens (tertiary/aromatic N) is 4. The molecule has 2 heterocycles. The Balaban J connectivity index is 1.56. The smallest absolute Gasteiger partial charge is 0.293 e. The van der Waals surface area contributed by atoms with E-state index < -0.39 is 4.92 Å². The Morgan fingerprint density at radius 3 is 2.28 bits per heavy atom. The lowest BCUT2D eigenvalue weighted by molar-refractivity contribution is -0.384. The van der Waals surface area contributed by atoms with Crippen molar-refractivity contribution in [2.75, 3.05) is 0 Å². The summed E-state index contributed by atoms with van der Waals surface area (Å²) in [4.78, 5) is 29.8. The highest BCUT2D eigenvalue weighted by Crippen LogP contribution is 2.29. The van der Waals surface area contributed by atoms with Crippen LogP contribution in [0.5, 0.6) is 0 Å². The molecule has 0 spiro atoms. The maximum Gasteiger partial charge on any atom is 0.293 e. The number of fused-ring (bicyclic) bond motifs is 2. The summed E-state index contributed by atoms with van der Waals surface area (Å²) in [5, 5.41) is 13.3. The van der Waals surface area contributed by atoms with Crippen LogP contribution in [-0.4, -0.2) is 19.0 Å². The van der Waals surface area contributed by atoms with Crippen LogP contribution < -0.4 is 5.56 Å². The minimum Gasteiger partial charge on any atom is -0.340 e. The van der Waals surface area contributed by atoms with Gasteiger partial charge in [-0.05, 0) is 48.9 Å². The molecule has 0 aliphatic rings. The molecule has 6 rings (SSSR count). The molecular weight excluding hydrogens is 488 g/mol. The zero-order valence-electron chi connectivity index (χ0n) is 21.2. The van der Waals surface area contributed by atoms with E-state index >= 15 is 0 Å². The lowest BCUT2D eigenvalue weighted by Gasteiger charge is -2.12. The maximum absolute atomic E-state index is 13.7. The van der Waals surface area contributed by atoms with Crippen LogP contribution in [-0.2, 0) is 6.54 Å². The highest BCUT2D eigenvalue weighted by Gasteiger charge is 2.20. The quantitative estimate of drug-likeness (QED) is 0.182. The number of nitro groups is 1. The Kier molecular flexibility index (Phi) is 6.09. The fourth-order valence-corrected chi connectivity index (χ4v) is 5.10. The van der Waals surface area contributed by atoms with E-state index in [9.17, 15) is 14.9 Å². The maximum atomic E-state index is 13.7. The lowest BCUT2D eigenvalue weighted by Crippen LogP contribution is -2.23. The average molecular weight is 513 g/mol. The molecule has 0 atom stereocenters. The first kappa shape index (κ1) is 24.1. The van der Waals surface area contributed by atoms with E-state index in [1.165, 1.54) is 16.2 Å². The monoisotopic (exact) mass is 512 g/mol. The predicted octanol–water partition coefficient (Wildman–Crippen LogP) is 6.78. The van der Waals surface area contributed by atoms with Crippen LogP contribution >= 0.6 is 0 Å². The summed E-state index contributed by atoms with van der Waals surface area (Å²) in [6.07, 6.45) is 3.72. The van der Waals surface area contributed by atoms with Crippen LogP contribution in [0.2, 0.25) is 0 Å². The van der Waals surface area contributed by atoms with E-state index in [1.54, 1.807) is 42.5 Å². The normalized spacial score (nSPS) is 11.5. The van der Waals surface area contributed by atoms with Gasteiger partial charge >= 0.3 is 0 Å². The second-order valence-electron chi connectivity index (χ2n) is 9.29. The van der Waals surface area contributed by atoms with E-state index in [-0.39, 0.29) is 16.9 Å². The molecule has 0 N–H and O–H groups in total. The van der Waals surface area contributed by atoms with Crippen molar-refractivity contribution in [1.82, 2.24) is 14.1 Å². The van der Waals surface area contributed by atoms with Gasteiger partial charge in [-0.25, -0.2) is 4.98 Å². The summed E-state index contributed by atoms with van der Waals surface area (Å²) in [6.45, 7) is 2.79. The molecule has 0 bridgehead atoms. The first-order valence-electron chi connectivity index (χ1n) is 12.6. The van der Waals surface area contributed by atoms with Gasteiger partial charge in [0.1, 0.15) is 11.5 Å². The molecule has 190 valence electrons. The van der Waals surface area contributed by atoms with Gasteiger partial charge < -0.3 is 4.57 Å². The van der Waals surface area contributed by atoms with E-state index in [4.69, 9.17) is 4.98 Å². The molecule has 0 saturated carbocycles. The average Bonchev–Trinajstić information content (AvgIpc) is 3.22. The first-order chi connectivity index (χ1) is 19.0. The molecule has 0 aliphatic heterocycles. The number of benzene rings is 4. The second-order valence-corrected chi connectivity index (χ2v) is 9.29. The lowest BCUT2D eigenvalue weighted by atomic mass is 10.1. The molecule has 0 unspecified atom stereocenters. The van der Waals surface area contributed by atoms with Crippen molar-refractivity contribution < 1.29 is 4.92 Å². The molecule has 7 heteroatoms. The Morgan fingerprint density at radius 2 is 1.49 bits per heavy atom. The molecule has 2 aromatic heterocycles. The number of hydrogen-bond donors (Lipinski definition) is 0. The van der Waals surface area contributed by atoms with E-state index in [2.05, 4.69) is 35.8 Å². The largest absolute Gasteiger partial charge is 0.340 e. The number of rotatable bonds is 6. The van der Waals surface area contributed by atoms with Crippen LogP contribution in [0.15, 0.2) is 108 Å². The SMILES string of the molecule is Cc1c(/C=C/c2nc3ccccc3c(=O)n2-c2ccccc2[N+](=O)[O-])c2ccccc2n1Cc1ccccc1. The molecular formula is C32H24N4O3. The molecule has 0 radical (unpaired) electrons. The van der Waals surface area contributed by atoms with Crippen molar-refractivity contribution in [2.45, 2.75) is 13.5 Å². The van der Waals surface area contributed by atoms with Gasteiger partial charge in [0.25, 0.3) is 11.2 Å². The number of nitro benzene ring substituents is 1. The zero-order chi connectivity index (χ0) is 26.9. The Labute approximate surface area is 224 Å². The summed E-state index contributed by atoms with van der Waals surface area (Å²) in [7, 11) is 0. The summed E-state index contributed by atoms with van der Waals surface area (Å²) in [6, 6.07) is 31.7. The highest BCUT2D eigenvalue weighted by atomic mass is 16.6. The molecule has 0 fully saturated rings. The summed E-state index contributed by atoms with van der Waals surface area (Å²) < 4.78 is 3.60. The molecule has 6 aromatic rings. The van der Waals surface area contributed by atoms with Crippen LogP contribution in [0.3, 0.4) is 0 Å². The molecule has 7 nitrogen and oxygen atoms in total.